The lowest BCUT2D eigenvalue weighted by atomic mass is 10.0. The number of alkyl halides is 2. The van der Waals surface area contributed by atoms with Crippen molar-refractivity contribution in [3.05, 3.63) is 47.7 Å². The standard InChI is InChI=1S/C15H13F2N5O/c1-22-10(12(16)17)8-9(20-22)13-19-14(21-23-13)15(5-6-15)11-4-2-3-7-18-11/h2-4,7-8,12H,5-6H2,1H3. The highest BCUT2D eigenvalue weighted by molar-refractivity contribution is 5.48. The van der Waals surface area contributed by atoms with E-state index in [0.29, 0.717) is 5.82 Å². The third-order valence-electron chi connectivity index (χ3n) is 4.12. The van der Waals surface area contributed by atoms with Crippen molar-refractivity contribution in [3.63, 3.8) is 0 Å². The Hall–Kier alpha value is -2.64. The molecular formula is C15H13F2N5O. The van der Waals surface area contributed by atoms with Gasteiger partial charge >= 0.3 is 0 Å². The highest BCUT2D eigenvalue weighted by Gasteiger charge is 2.51. The van der Waals surface area contributed by atoms with Crippen LogP contribution in [0.5, 0.6) is 0 Å². The highest BCUT2D eigenvalue weighted by atomic mass is 19.3. The molecule has 118 valence electrons. The zero-order chi connectivity index (χ0) is 16.0. The minimum atomic E-state index is -2.60. The Kier molecular flexibility index (Phi) is 3.00. The van der Waals surface area contributed by atoms with Crippen LogP contribution in [0.25, 0.3) is 11.6 Å². The van der Waals surface area contributed by atoms with Crippen LogP contribution in [0, 0.1) is 0 Å². The molecule has 1 saturated carbocycles. The number of rotatable bonds is 4. The molecule has 1 aliphatic rings. The fourth-order valence-electron chi connectivity index (χ4n) is 2.68. The zero-order valence-corrected chi connectivity index (χ0v) is 12.3. The summed E-state index contributed by atoms with van der Waals surface area (Å²) in [7, 11) is 1.46. The second-order valence-electron chi connectivity index (χ2n) is 5.60. The lowest BCUT2D eigenvalue weighted by molar-refractivity contribution is 0.141. The van der Waals surface area contributed by atoms with Crippen molar-refractivity contribution >= 4 is 0 Å². The molecule has 4 rings (SSSR count). The van der Waals surface area contributed by atoms with Gasteiger partial charge < -0.3 is 4.52 Å². The Bertz CT molecular complexity index is 839. The molecule has 0 bridgehead atoms. The summed E-state index contributed by atoms with van der Waals surface area (Å²) in [5.74, 6) is 0.667. The van der Waals surface area contributed by atoms with E-state index in [1.165, 1.54) is 13.1 Å². The van der Waals surface area contributed by atoms with E-state index in [2.05, 4.69) is 20.2 Å². The van der Waals surface area contributed by atoms with Crippen molar-refractivity contribution in [2.45, 2.75) is 24.7 Å². The van der Waals surface area contributed by atoms with Gasteiger partial charge in [-0.05, 0) is 31.0 Å². The first-order valence-electron chi connectivity index (χ1n) is 7.18. The van der Waals surface area contributed by atoms with Gasteiger partial charge in [0.25, 0.3) is 12.3 Å². The van der Waals surface area contributed by atoms with E-state index in [1.54, 1.807) is 6.20 Å². The van der Waals surface area contributed by atoms with Crippen LogP contribution in [0.15, 0.2) is 35.0 Å². The van der Waals surface area contributed by atoms with Crippen LogP contribution in [0.1, 0.15) is 36.5 Å². The Morgan fingerprint density at radius 3 is 2.74 bits per heavy atom. The molecule has 1 fully saturated rings. The van der Waals surface area contributed by atoms with E-state index in [1.807, 2.05) is 18.2 Å². The molecule has 0 amide bonds. The molecular weight excluding hydrogens is 304 g/mol. The largest absolute Gasteiger partial charge is 0.332 e. The number of aryl methyl sites for hydroxylation is 1. The molecule has 0 N–H and O–H groups in total. The molecule has 23 heavy (non-hydrogen) atoms. The first kappa shape index (κ1) is 14.0. The van der Waals surface area contributed by atoms with E-state index in [-0.39, 0.29) is 22.7 Å². The molecule has 1 aliphatic carbocycles. The van der Waals surface area contributed by atoms with Gasteiger partial charge in [0.1, 0.15) is 5.69 Å². The molecule has 3 heterocycles. The molecule has 0 aromatic carbocycles. The van der Waals surface area contributed by atoms with Gasteiger partial charge in [0, 0.05) is 13.2 Å². The van der Waals surface area contributed by atoms with E-state index in [9.17, 15) is 8.78 Å². The van der Waals surface area contributed by atoms with E-state index < -0.39 is 6.43 Å². The van der Waals surface area contributed by atoms with Crippen molar-refractivity contribution in [1.29, 1.82) is 0 Å². The van der Waals surface area contributed by atoms with Gasteiger partial charge in [-0.1, -0.05) is 11.2 Å². The second-order valence-corrected chi connectivity index (χ2v) is 5.60. The number of hydrogen-bond donors (Lipinski definition) is 0. The average molecular weight is 317 g/mol. The smallest absolute Gasteiger partial charge is 0.280 e. The molecule has 0 unspecified atom stereocenters. The van der Waals surface area contributed by atoms with E-state index in [4.69, 9.17) is 4.52 Å². The lowest BCUT2D eigenvalue weighted by Gasteiger charge is -2.08. The van der Waals surface area contributed by atoms with Crippen LogP contribution in [0.3, 0.4) is 0 Å². The molecule has 6 nitrogen and oxygen atoms in total. The highest BCUT2D eigenvalue weighted by Crippen LogP contribution is 2.51. The molecule has 0 saturated heterocycles. The molecule has 3 aromatic rings. The van der Waals surface area contributed by atoms with Crippen molar-refractivity contribution in [3.8, 4) is 11.6 Å². The third-order valence-corrected chi connectivity index (χ3v) is 4.12. The van der Waals surface area contributed by atoms with Gasteiger partial charge in [-0.25, -0.2) is 8.78 Å². The summed E-state index contributed by atoms with van der Waals surface area (Å²) < 4.78 is 32.1. The first-order valence-corrected chi connectivity index (χ1v) is 7.18. The Morgan fingerprint density at radius 1 is 1.30 bits per heavy atom. The predicted molar refractivity (Wildman–Crippen MR) is 75.7 cm³/mol. The van der Waals surface area contributed by atoms with E-state index in [0.717, 1.165) is 23.2 Å². The summed E-state index contributed by atoms with van der Waals surface area (Å²) in [4.78, 5) is 8.74. The summed E-state index contributed by atoms with van der Waals surface area (Å²) >= 11 is 0. The Balaban J connectivity index is 1.69. The first-order chi connectivity index (χ1) is 11.1. The number of halogens is 2. The maximum absolute atomic E-state index is 12.8. The monoisotopic (exact) mass is 317 g/mol. The lowest BCUT2D eigenvalue weighted by Crippen LogP contribution is -2.12. The minimum absolute atomic E-state index is 0.143. The molecule has 0 spiro atoms. The SMILES string of the molecule is Cn1nc(-c2nc(C3(c4ccccn4)CC3)no2)cc1C(F)F. The Morgan fingerprint density at radius 2 is 2.13 bits per heavy atom. The van der Waals surface area contributed by atoms with Gasteiger partial charge in [0.05, 0.1) is 11.1 Å². The number of pyridine rings is 1. The van der Waals surface area contributed by atoms with Gasteiger partial charge in [-0.3, -0.25) is 9.67 Å². The fraction of sp³-hybridized carbons (Fsp3) is 0.333. The molecule has 3 aromatic heterocycles. The molecule has 8 heteroatoms. The van der Waals surface area contributed by atoms with Crippen LogP contribution < -0.4 is 0 Å². The van der Waals surface area contributed by atoms with Gasteiger partial charge in [-0.2, -0.15) is 10.1 Å². The fourth-order valence-corrected chi connectivity index (χ4v) is 2.68. The average Bonchev–Trinajstić information content (AvgIpc) is 3.03. The second kappa shape index (κ2) is 4.94. The molecule has 0 atom stereocenters. The maximum Gasteiger partial charge on any atom is 0.280 e. The van der Waals surface area contributed by atoms with Gasteiger partial charge in [0.2, 0.25) is 0 Å². The molecule has 0 radical (unpaired) electrons. The third kappa shape index (κ3) is 2.21. The Labute approximate surface area is 130 Å². The van der Waals surface area contributed by atoms with E-state index >= 15 is 0 Å². The topological polar surface area (TPSA) is 69.6 Å². The summed E-state index contributed by atoms with van der Waals surface area (Å²) in [6.45, 7) is 0. The minimum Gasteiger partial charge on any atom is -0.332 e. The van der Waals surface area contributed by atoms with Crippen molar-refractivity contribution < 1.29 is 13.3 Å². The number of aromatic nitrogens is 5. The summed E-state index contributed by atoms with van der Waals surface area (Å²) in [6, 6.07) is 6.96. The maximum atomic E-state index is 12.8. The van der Waals surface area contributed by atoms with Crippen LogP contribution in [-0.4, -0.2) is 24.9 Å². The summed E-state index contributed by atoms with van der Waals surface area (Å²) in [5.41, 5.74) is 0.620. The summed E-state index contributed by atoms with van der Waals surface area (Å²) in [5, 5.41) is 8.04. The quantitative estimate of drug-likeness (QED) is 0.740. The van der Waals surface area contributed by atoms with Crippen molar-refractivity contribution in [2.75, 3.05) is 0 Å². The summed E-state index contributed by atoms with van der Waals surface area (Å²) in [6.07, 6.45) is 0.886. The van der Waals surface area contributed by atoms with Crippen LogP contribution in [0.2, 0.25) is 0 Å². The predicted octanol–water partition coefficient (Wildman–Crippen LogP) is 2.88. The number of nitrogens with zero attached hydrogens (tertiary/aromatic N) is 5. The van der Waals surface area contributed by atoms with Crippen LogP contribution >= 0.6 is 0 Å². The van der Waals surface area contributed by atoms with Gasteiger partial charge in [0.15, 0.2) is 11.5 Å². The number of hydrogen-bond acceptors (Lipinski definition) is 5. The van der Waals surface area contributed by atoms with Crippen molar-refractivity contribution in [2.24, 2.45) is 7.05 Å². The van der Waals surface area contributed by atoms with Crippen LogP contribution in [0.4, 0.5) is 8.78 Å². The van der Waals surface area contributed by atoms with Crippen molar-refractivity contribution in [1.82, 2.24) is 24.9 Å². The van der Waals surface area contributed by atoms with Gasteiger partial charge in [-0.15, -0.1) is 0 Å². The van der Waals surface area contributed by atoms with Crippen LogP contribution in [-0.2, 0) is 12.5 Å². The molecule has 0 aliphatic heterocycles. The zero-order valence-electron chi connectivity index (χ0n) is 12.3. The normalized spacial score (nSPS) is 16.0.